The first-order valence-electron chi connectivity index (χ1n) is 10.5. The molecule has 3 heterocycles. The topological polar surface area (TPSA) is 65.4 Å². The zero-order chi connectivity index (χ0) is 24.1. The number of halogens is 4. The monoisotopic (exact) mass is 501 g/mol. The van der Waals surface area contributed by atoms with Crippen molar-refractivity contribution in [3.8, 4) is 6.07 Å². The first kappa shape index (κ1) is 24.0. The largest absolute Gasteiger partial charge is 0.446 e. The number of fused-ring (bicyclic) bond motifs is 3. The third-order valence-electron chi connectivity index (χ3n) is 5.76. The fourth-order valence-electron chi connectivity index (χ4n) is 4.59. The van der Waals surface area contributed by atoms with Gasteiger partial charge in [0.2, 0.25) is 0 Å². The molecule has 1 N–H and O–H groups in total. The molecule has 1 amide bonds. The van der Waals surface area contributed by atoms with Crippen LogP contribution in [0, 0.1) is 11.3 Å². The highest BCUT2D eigenvalue weighted by molar-refractivity contribution is 8.00. The van der Waals surface area contributed by atoms with Crippen LogP contribution in [0.4, 0.5) is 28.0 Å². The van der Waals surface area contributed by atoms with Crippen LogP contribution >= 0.6 is 23.1 Å². The number of hydrogen-bond acceptors (Lipinski definition) is 6. The quantitative estimate of drug-likeness (QED) is 0.376. The molecule has 33 heavy (non-hydrogen) atoms. The summed E-state index contributed by atoms with van der Waals surface area (Å²) in [6.45, 7) is 5.28. The van der Waals surface area contributed by atoms with Crippen LogP contribution < -0.4 is 5.32 Å². The van der Waals surface area contributed by atoms with Crippen LogP contribution in [0.1, 0.15) is 44.9 Å². The first-order valence-corrected chi connectivity index (χ1v) is 12.1. The van der Waals surface area contributed by atoms with E-state index in [9.17, 15) is 23.2 Å². The van der Waals surface area contributed by atoms with Gasteiger partial charge in [-0.25, -0.2) is 9.18 Å². The Morgan fingerprint density at radius 1 is 1.30 bits per heavy atom. The SMILES string of the molecule is CC(C)(C)OC(=O)N1C2CCC1[C@H](F)[C@H](Nc1cccc3c(SC(F)(F)F)c(C#N)sc13)C2. The van der Waals surface area contributed by atoms with E-state index in [2.05, 4.69) is 5.32 Å². The van der Waals surface area contributed by atoms with Gasteiger partial charge in [-0.15, -0.1) is 11.3 Å². The number of benzene rings is 1. The van der Waals surface area contributed by atoms with Crippen LogP contribution in [0.25, 0.3) is 10.1 Å². The number of nitrogens with one attached hydrogen (secondary N) is 1. The summed E-state index contributed by atoms with van der Waals surface area (Å²) in [6.07, 6.45) is -0.350. The van der Waals surface area contributed by atoms with Crippen molar-refractivity contribution < 1.29 is 27.1 Å². The Bertz CT molecular complexity index is 1110. The normalized spacial score (nSPS) is 25.2. The first-order chi connectivity index (χ1) is 15.4. The average Bonchev–Trinajstić information content (AvgIpc) is 3.22. The van der Waals surface area contributed by atoms with E-state index in [0.29, 0.717) is 35.0 Å². The van der Waals surface area contributed by atoms with Crippen LogP contribution in [-0.4, -0.2) is 46.4 Å². The fourth-order valence-corrected chi connectivity index (χ4v) is 6.52. The molecule has 2 aliphatic heterocycles. The Morgan fingerprint density at radius 3 is 2.67 bits per heavy atom. The number of nitrogens with zero attached hydrogens (tertiary/aromatic N) is 2. The van der Waals surface area contributed by atoms with E-state index in [1.54, 1.807) is 32.9 Å². The van der Waals surface area contributed by atoms with E-state index < -0.39 is 35.5 Å². The average molecular weight is 502 g/mol. The lowest BCUT2D eigenvalue weighted by atomic mass is 9.95. The van der Waals surface area contributed by atoms with Crippen molar-refractivity contribution in [2.75, 3.05) is 5.32 Å². The van der Waals surface area contributed by atoms with E-state index in [1.807, 2.05) is 6.07 Å². The maximum Gasteiger partial charge on any atom is 0.446 e. The van der Waals surface area contributed by atoms with Crippen molar-refractivity contribution in [1.82, 2.24) is 4.90 Å². The van der Waals surface area contributed by atoms with Crippen LogP contribution in [0.5, 0.6) is 0 Å². The van der Waals surface area contributed by atoms with Gasteiger partial charge in [0.25, 0.3) is 0 Å². The number of ether oxygens (including phenoxy) is 1. The molecule has 2 fully saturated rings. The van der Waals surface area contributed by atoms with Gasteiger partial charge in [-0.2, -0.15) is 18.4 Å². The number of amides is 1. The van der Waals surface area contributed by atoms with Crippen LogP contribution in [-0.2, 0) is 4.74 Å². The summed E-state index contributed by atoms with van der Waals surface area (Å²) < 4.78 is 60.6. The molecular formula is C22H23F4N3O2S2. The van der Waals surface area contributed by atoms with Gasteiger partial charge < -0.3 is 10.1 Å². The van der Waals surface area contributed by atoms with Gasteiger partial charge in [0.05, 0.1) is 27.4 Å². The molecule has 0 radical (unpaired) electrons. The summed E-state index contributed by atoms with van der Waals surface area (Å²) in [5.74, 6) is 0. The third kappa shape index (κ3) is 4.87. The van der Waals surface area contributed by atoms with Crippen LogP contribution in [0.3, 0.4) is 0 Å². The number of piperidine rings is 1. The number of thiophene rings is 1. The van der Waals surface area contributed by atoms with E-state index in [1.165, 1.54) is 11.0 Å². The molecule has 2 unspecified atom stereocenters. The van der Waals surface area contributed by atoms with Crippen molar-refractivity contribution >= 4 is 45.0 Å². The maximum atomic E-state index is 15.5. The molecule has 11 heteroatoms. The molecular weight excluding hydrogens is 478 g/mol. The molecule has 2 bridgehead atoms. The Labute approximate surface area is 197 Å². The highest BCUT2D eigenvalue weighted by atomic mass is 32.2. The fraction of sp³-hybridized carbons (Fsp3) is 0.545. The van der Waals surface area contributed by atoms with Gasteiger partial charge in [0.15, 0.2) is 0 Å². The molecule has 0 spiro atoms. The molecule has 0 saturated carbocycles. The second kappa shape index (κ2) is 8.55. The third-order valence-corrected chi connectivity index (χ3v) is 7.89. The molecule has 2 saturated heterocycles. The Morgan fingerprint density at radius 2 is 2.03 bits per heavy atom. The summed E-state index contributed by atoms with van der Waals surface area (Å²) in [5.41, 5.74) is -4.72. The van der Waals surface area contributed by atoms with Gasteiger partial charge in [-0.1, -0.05) is 12.1 Å². The number of hydrogen-bond donors (Lipinski definition) is 1. The lowest BCUT2D eigenvalue weighted by molar-refractivity contribution is -0.0328. The van der Waals surface area contributed by atoms with Crippen molar-refractivity contribution in [2.45, 2.75) is 80.3 Å². The molecule has 1 aromatic carbocycles. The lowest BCUT2D eigenvalue weighted by Crippen LogP contribution is -2.57. The van der Waals surface area contributed by atoms with Crippen molar-refractivity contribution in [1.29, 1.82) is 5.26 Å². The number of anilines is 1. The van der Waals surface area contributed by atoms with Gasteiger partial charge in [0, 0.05) is 11.4 Å². The zero-order valence-corrected chi connectivity index (χ0v) is 19.8. The summed E-state index contributed by atoms with van der Waals surface area (Å²) >= 11 is 0.649. The number of alkyl halides is 4. The molecule has 4 atom stereocenters. The number of carbonyl (C=O) groups excluding carboxylic acids is 1. The molecule has 1 aromatic heterocycles. The molecule has 2 aliphatic rings. The summed E-state index contributed by atoms with van der Waals surface area (Å²) in [7, 11) is 0. The minimum absolute atomic E-state index is 0.0295. The highest BCUT2D eigenvalue weighted by Crippen LogP contribution is 2.48. The van der Waals surface area contributed by atoms with E-state index in [0.717, 1.165) is 11.3 Å². The van der Waals surface area contributed by atoms with Crippen LogP contribution in [0.15, 0.2) is 23.1 Å². The van der Waals surface area contributed by atoms with Crippen molar-refractivity contribution in [2.24, 2.45) is 0 Å². The minimum atomic E-state index is -4.53. The van der Waals surface area contributed by atoms with E-state index in [-0.39, 0.29) is 27.6 Å². The maximum absolute atomic E-state index is 15.5. The predicted octanol–water partition coefficient (Wildman–Crippen LogP) is 6.68. The van der Waals surface area contributed by atoms with Crippen molar-refractivity contribution in [3.05, 3.63) is 23.1 Å². The number of thioether (sulfide) groups is 1. The molecule has 4 rings (SSSR count). The zero-order valence-electron chi connectivity index (χ0n) is 18.2. The molecule has 2 aromatic rings. The van der Waals surface area contributed by atoms with Gasteiger partial charge in [0.1, 0.15) is 22.7 Å². The second-order valence-corrected chi connectivity index (χ2v) is 11.3. The lowest BCUT2D eigenvalue weighted by Gasteiger charge is -2.42. The number of rotatable bonds is 3. The summed E-state index contributed by atoms with van der Waals surface area (Å²) in [5, 5.41) is 12.8. The smallest absolute Gasteiger partial charge is 0.444 e. The number of carbonyl (C=O) groups is 1. The number of nitriles is 1. The van der Waals surface area contributed by atoms with Gasteiger partial charge >= 0.3 is 11.6 Å². The second-order valence-electron chi connectivity index (χ2n) is 9.22. The Hall–Kier alpha value is -2.19. The standard InChI is InChI=1S/C22H23F4N3O2S2/c1-21(2,3)31-20(30)29-11-7-8-15(29)17(23)14(9-11)28-13-6-4-5-12-18(13)32-16(10-27)19(12)33-22(24,25)26/h4-6,11,14-15,17,28H,7-9H2,1-3H3/t11?,14-,15?,17-/m1/s1. The van der Waals surface area contributed by atoms with Crippen molar-refractivity contribution in [3.63, 3.8) is 0 Å². The van der Waals surface area contributed by atoms with E-state index in [4.69, 9.17) is 4.74 Å². The highest BCUT2D eigenvalue weighted by Gasteiger charge is 2.51. The Kier molecular flexibility index (Phi) is 6.20. The van der Waals surface area contributed by atoms with Gasteiger partial charge in [-0.05, 0) is 57.9 Å². The minimum Gasteiger partial charge on any atom is -0.444 e. The summed E-state index contributed by atoms with van der Waals surface area (Å²) in [6, 6.07) is 5.24. The summed E-state index contributed by atoms with van der Waals surface area (Å²) in [4.78, 5) is 14.0. The van der Waals surface area contributed by atoms with E-state index >= 15 is 4.39 Å². The molecule has 0 aliphatic carbocycles. The molecule has 178 valence electrons. The van der Waals surface area contributed by atoms with Gasteiger partial charge in [-0.3, -0.25) is 4.90 Å². The predicted molar refractivity (Wildman–Crippen MR) is 120 cm³/mol. The Balaban J connectivity index is 1.59. The van der Waals surface area contributed by atoms with Crippen LogP contribution in [0.2, 0.25) is 0 Å². The molecule has 5 nitrogen and oxygen atoms in total.